The van der Waals surface area contributed by atoms with E-state index in [1.54, 1.807) is 45.3 Å². The number of ether oxygens (including phenoxy) is 1. The van der Waals surface area contributed by atoms with E-state index in [-0.39, 0.29) is 6.54 Å². The predicted molar refractivity (Wildman–Crippen MR) is 82.4 cm³/mol. The molecule has 0 aliphatic carbocycles. The summed E-state index contributed by atoms with van der Waals surface area (Å²) in [4.78, 5) is 31.7. The van der Waals surface area contributed by atoms with E-state index < -0.39 is 17.6 Å². The minimum atomic E-state index is -0.643. The molecule has 0 bridgehead atoms. The van der Waals surface area contributed by atoms with E-state index in [2.05, 4.69) is 20.6 Å². The van der Waals surface area contributed by atoms with Gasteiger partial charge in [-0.25, -0.2) is 9.78 Å². The lowest BCUT2D eigenvalue weighted by Crippen LogP contribution is -2.37. The maximum atomic E-state index is 11.9. The van der Waals surface area contributed by atoms with Crippen LogP contribution in [0.25, 0.3) is 10.9 Å². The van der Waals surface area contributed by atoms with E-state index in [1.165, 1.54) is 0 Å². The number of carbonyl (C=O) groups excluding carboxylic acids is 2. The lowest BCUT2D eigenvalue weighted by Gasteiger charge is -2.19. The number of rotatable bonds is 3. The van der Waals surface area contributed by atoms with Crippen LogP contribution in [0.4, 0.5) is 10.6 Å². The van der Waals surface area contributed by atoms with Gasteiger partial charge in [-0.2, -0.15) is 0 Å². The first-order valence-electron chi connectivity index (χ1n) is 6.81. The molecule has 2 aromatic rings. The Kier molecular flexibility index (Phi) is 4.55. The number of alkyl carbamates (subject to hydrolysis) is 1. The van der Waals surface area contributed by atoms with Gasteiger partial charge in [-0.05, 0) is 39.0 Å². The first-order valence-corrected chi connectivity index (χ1v) is 6.81. The monoisotopic (exact) mass is 302 g/mol. The zero-order valence-corrected chi connectivity index (χ0v) is 12.7. The molecular formula is C15H18N4O3. The van der Waals surface area contributed by atoms with Crippen LogP contribution in [-0.2, 0) is 9.53 Å². The Labute approximate surface area is 128 Å². The highest BCUT2D eigenvalue weighted by molar-refractivity contribution is 6.00. The second kappa shape index (κ2) is 6.38. The molecule has 116 valence electrons. The van der Waals surface area contributed by atoms with Crippen molar-refractivity contribution in [2.75, 3.05) is 11.9 Å². The van der Waals surface area contributed by atoms with Crippen molar-refractivity contribution in [2.45, 2.75) is 26.4 Å². The number of nitrogens with one attached hydrogen (secondary N) is 2. The molecular weight excluding hydrogens is 284 g/mol. The number of nitrogens with zero attached hydrogens (tertiary/aromatic N) is 2. The van der Waals surface area contributed by atoms with Crippen molar-refractivity contribution >= 4 is 28.7 Å². The fourth-order valence-electron chi connectivity index (χ4n) is 1.75. The highest BCUT2D eigenvalue weighted by atomic mass is 16.6. The molecule has 2 heterocycles. The largest absolute Gasteiger partial charge is 0.444 e. The summed E-state index contributed by atoms with van der Waals surface area (Å²) in [5.74, 6) is 0.0105. The van der Waals surface area contributed by atoms with Crippen molar-refractivity contribution in [2.24, 2.45) is 0 Å². The third-order valence-corrected chi connectivity index (χ3v) is 2.58. The minimum Gasteiger partial charge on any atom is -0.444 e. The molecule has 2 N–H and O–H groups in total. The second-order valence-electron chi connectivity index (χ2n) is 5.63. The number of pyridine rings is 2. The van der Waals surface area contributed by atoms with Gasteiger partial charge < -0.3 is 15.4 Å². The Morgan fingerprint density at radius 2 is 1.95 bits per heavy atom. The van der Waals surface area contributed by atoms with Crippen LogP contribution in [0.15, 0.2) is 30.6 Å². The number of carbonyl (C=O) groups is 2. The van der Waals surface area contributed by atoms with Crippen LogP contribution in [0.1, 0.15) is 20.8 Å². The van der Waals surface area contributed by atoms with Crippen molar-refractivity contribution < 1.29 is 14.3 Å². The van der Waals surface area contributed by atoms with Gasteiger partial charge in [0.15, 0.2) is 0 Å². The molecule has 0 unspecified atom stereocenters. The first kappa shape index (κ1) is 15.7. The average molecular weight is 302 g/mol. The molecule has 2 aromatic heterocycles. The maximum absolute atomic E-state index is 11.9. The number of aromatic nitrogens is 2. The van der Waals surface area contributed by atoms with Gasteiger partial charge in [-0.1, -0.05) is 0 Å². The van der Waals surface area contributed by atoms with E-state index in [0.29, 0.717) is 5.82 Å². The topological polar surface area (TPSA) is 93.2 Å². The Balaban J connectivity index is 1.96. The van der Waals surface area contributed by atoms with Gasteiger partial charge in [-0.15, -0.1) is 0 Å². The lowest BCUT2D eigenvalue weighted by atomic mass is 10.2. The third kappa shape index (κ3) is 4.41. The zero-order chi connectivity index (χ0) is 16.2. The van der Waals surface area contributed by atoms with E-state index in [0.717, 1.165) is 10.9 Å². The molecule has 0 aliphatic heterocycles. The summed E-state index contributed by atoms with van der Waals surface area (Å²) in [6.07, 6.45) is 2.58. The molecule has 0 saturated carbocycles. The Morgan fingerprint density at radius 3 is 2.68 bits per heavy atom. The summed E-state index contributed by atoms with van der Waals surface area (Å²) in [5.41, 5.74) is 0.122. The smallest absolute Gasteiger partial charge is 0.408 e. The van der Waals surface area contributed by atoms with Gasteiger partial charge in [0.05, 0.1) is 5.52 Å². The van der Waals surface area contributed by atoms with Crippen molar-refractivity contribution in [3.8, 4) is 0 Å². The van der Waals surface area contributed by atoms with Gasteiger partial charge >= 0.3 is 6.09 Å². The molecule has 0 aliphatic rings. The molecule has 22 heavy (non-hydrogen) atoms. The summed E-state index contributed by atoms with van der Waals surface area (Å²) in [6, 6.07) is 5.33. The van der Waals surface area contributed by atoms with Gasteiger partial charge in [0.2, 0.25) is 5.91 Å². The number of hydrogen-bond acceptors (Lipinski definition) is 5. The molecule has 2 rings (SSSR count). The fourth-order valence-corrected chi connectivity index (χ4v) is 1.75. The fraction of sp³-hybridized carbons (Fsp3) is 0.333. The number of hydrogen-bond donors (Lipinski definition) is 2. The molecule has 0 fully saturated rings. The van der Waals surface area contributed by atoms with E-state index in [4.69, 9.17) is 4.74 Å². The summed E-state index contributed by atoms with van der Waals surface area (Å²) >= 11 is 0. The van der Waals surface area contributed by atoms with Gasteiger partial charge in [0, 0.05) is 17.8 Å². The van der Waals surface area contributed by atoms with Crippen LogP contribution in [0.3, 0.4) is 0 Å². The predicted octanol–water partition coefficient (Wildman–Crippen LogP) is 2.09. The van der Waals surface area contributed by atoms with Crippen LogP contribution in [-0.4, -0.2) is 34.1 Å². The van der Waals surface area contributed by atoms with Gasteiger partial charge in [0.25, 0.3) is 0 Å². The lowest BCUT2D eigenvalue weighted by molar-refractivity contribution is -0.115. The Hall–Kier alpha value is -2.70. The second-order valence-corrected chi connectivity index (χ2v) is 5.63. The van der Waals surface area contributed by atoms with E-state index >= 15 is 0 Å². The molecule has 0 atom stereocenters. The molecule has 2 amide bonds. The maximum Gasteiger partial charge on any atom is 0.408 e. The molecule has 0 saturated heterocycles. The van der Waals surface area contributed by atoms with Gasteiger partial charge in [-0.3, -0.25) is 9.78 Å². The summed E-state index contributed by atoms with van der Waals surface area (Å²) in [7, 11) is 0. The van der Waals surface area contributed by atoms with Gasteiger partial charge in [0.1, 0.15) is 18.0 Å². The van der Waals surface area contributed by atoms with Crippen molar-refractivity contribution in [1.82, 2.24) is 15.3 Å². The molecule has 0 radical (unpaired) electrons. The third-order valence-electron chi connectivity index (χ3n) is 2.58. The van der Waals surface area contributed by atoms with Crippen molar-refractivity contribution in [3.05, 3.63) is 30.6 Å². The highest BCUT2D eigenvalue weighted by Crippen LogP contribution is 2.18. The Bertz CT molecular complexity index is 689. The molecule has 7 heteroatoms. The standard InChI is InChI=1S/C15H18N4O3/c1-15(2,3)22-14(21)18-9-12(20)19-13-10-5-4-7-16-11(10)6-8-17-13/h4-8H,9H2,1-3H3,(H,18,21)(H,17,19,20). The van der Waals surface area contributed by atoms with Crippen molar-refractivity contribution in [3.63, 3.8) is 0 Å². The zero-order valence-electron chi connectivity index (χ0n) is 12.7. The van der Waals surface area contributed by atoms with Crippen LogP contribution in [0.5, 0.6) is 0 Å². The van der Waals surface area contributed by atoms with E-state index in [1.807, 2.05) is 6.07 Å². The number of anilines is 1. The number of fused-ring (bicyclic) bond motifs is 1. The highest BCUT2D eigenvalue weighted by Gasteiger charge is 2.16. The van der Waals surface area contributed by atoms with Crippen LogP contribution in [0, 0.1) is 0 Å². The molecule has 0 spiro atoms. The van der Waals surface area contributed by atoms with E-state index in [9.17, 15) is 9.59 Å². The molecule has 7 nitrogen and oxygen atoms in total. The SMILES string of the molecule is CC(C)(C)OC(=O)NCC(=O)Nc1nccc2ncccc12. The van der Waals surface area contributed by atoms with Crippen molar-refractivity contribution in [1.29, 1.82) is 0 Å². The Morgan fingerprint density at radius 1 is 1.18 bits per heavy atom. The summed E-state index contributed by atoms with van der Waals surface area (Å²) < 4.78 is 5.05. The quantitative estimate of drug-likeness (QED) is 0.905. The normalized spacial score (nSPS) is 11.0. The number of amides is 2. The summed E-state index contributed by atoms with van der Waals surface area (Å²) in [6.45, 7) is 5.05. The molecule has 0 aromatic carbocycles. The van der Waals surface area contributed by atoms with Crippen LogP contribution in [0.2, 0.25) is 0 Å². The summed E-state index contributed by atoms with van der Waals surface area (Å²) in [5, 5.41) is 5.77. The van der Waals surface area contributed by atoms with Crippen LogP contribution >= 0.6 is 0 Å². The average Bonchev–Trinajstić information content (AvgIpc) is 2.44. The van der Waals surface area contributed by atoms with Crippen LogP contribution < -0.4 is 10.6 Å². The first-order chi connectivity index (χ1) is 10.3. The minimum absolute atomic E-state index is 0.201.